The first-order valence-corrected chi connectivity index (χ1v) is 12.7. The first kappa shape index (κ1) is 30.0. The summed E-state index contributed by atoms with van der Waals surface area (Å²) in [7, 11) is 0. The van der Waals surface area contributed by atoms with E-state index >= 15 is 0 Å². The zero-order valence-electron chi connectivity index (χ0n) is 19.0. The molecule has 0 aliphatic heterocycles. The van der Waals surface area contributed by atoms with Crippen LogP contribution in [0.1, 0.15) is 136 Å². The molecule has 0 aromatic rings. The molecule has 2 N–H and O–H groups in total. The van der Waals surface area contributed by atoms with Crippen molar-refractivity contribution in [3.8, 4) is 0 Å². The number of rotatable bonds is 20. The highest BCUT2D eigenvalue weighted by Crippen LogP contribution is 2.13. The normalized spacial score (nSPS) is 11.7. The zero-order chi connectivity index (χ0) is 21.3. The molecule has 0 fully saturated rings. The van der Waals surface area contributed by atoms with Crippen molar-refractivity contribution < 1.29 is 15.0 Å². The van der Waals surface area contributed by atoms with E-state index in [1.165, 1.54) is 83.5 Å². The summed E-state index contributed by atoms with van der Waals surface area (Å²) < 4.78 is 0. The van der Waals surface area contributed by atoms with Gasteiger partial charge in [0.25, 0.3) is 0 Å². The molecule has 0 aliphatic rings. The Hall–Kier alpha value is -0.220. The summed E-state index contributed by atoms with van der Waals surface area (Å²) in [5, 5.41) is 17.4. The standard InChI is InChI=1S/C18H36O2.C6H14OS/c1-2-3-4-5-6-7-8-9-10-11-12-13-14-15-16-17-18(19)20;1-2-3-4-6(7)5-8/h2-17H2,1H3,(H,19,20);6-8H,2-5H2,1H3. The molecule has 0 aliphatic carbocycles. The summed E-state index contributed by atoms with van der Waals surface area (Å²) in [5.41, 5.74) is 0. The molecule has 0 saturated carbocycles. The largest absolute Gasteiger partial charge is 0.481 e. The second-order valence-corrected chi connectivity index (χ2v) is 8.44. The Bertz CT molecular complexity index is 298. The fraction of sp³-hybridized carbons (Fsp3) is 0.958. The maximum atomic E-state index is 10.3. The highest BCUT2D eigenvalue weighted by atomic mass is 32.1. The van der Waals surface area contributed by atoms with Gasteiger partial charge in [-0.05, 0) is 12.8 Å². The van der Waals surface area contributed by atoms with Crippen LogP contribution in [0.5, 0.6) is 0 Å². The SMILES string of the molecule is CCCCC(O)CS.CCCCCCCCCCCCCCCCCC(=O)O. The number of unbranched alkanes of at least 4 members (excludes halogenated alkanes) is 15. The zero-order valence-corrected chi connectivity index (χ0v) is 19.9. The van der Waals surface area contributed by atoms with Crippen LogP contribution in [0.15, 0.2) is 0 Å². The quantitative estimate of drug-likeness (QED) is 0.140. The van der Waals surface area contributed by atoms with E-state index in [0.717, 1.165) is 32.1 Å². The minimum atomic E-state index is -0.653. The predicted octanol–water partition coefficient (Wildman–Crippen LogP) is 7.80. The summed E-state index contributed by atoms with van der Waals surface area (Å²) >= 11 is 3.94. The van der Waals surface area contributed by atoms with E-state index in [1.807, 2.05) is 0 Å². The third kappa shape index (κ3) is 30.5. The summed E-state index contributed by atoms with van der Waals surface area (Å²) in [6.45, 7) is 4.39. The molecule has 0 aromatic carbocycles. The molecule has 170 valence electrons. The highest BCUT2D eigenvalue weighted by molar-refractivity contribution is 7.80. The molecule has 4 heteroatoms. The highest BCUT2D eigenvalue weighted by Gasteiger charge is 1.98. The fourth-order valence-electron chi connectivity index (χ4n) is 3.18. The molecule has 1 atom stereocenters. The average Bonchev–Trinajstić information content (AvgIpc) is 2.69. The van der Waals surface area contributed by atoms with Gasteiger partial charge in [0.2, 0.25) is 0 Å². The third-order valence-corrected chi connectivity index (χ3v) is 5.52. The molecule has 1 unspecified atom stereocenters. The van der Waals surface area contributed by atoms with Gasteiger partial charge in [-0.3, -0.25) is 4.79 Å². The number of aliphatic hydroxyl groups is 1. The van der Waals surface area contributed by atoms with Gasteiger partial charge in [0.05, 0.1) is 6.10 Å². The number of carbonyl (C=O) groups is 1. The van der Waals surface area contributed by atoms with Crippen LogP contribution in [0.4, 0.5) is 0 Å². The lowest BCUT2D eigenvalue weighted by Crippen LogP contribution is -2.06. The summed E-state index contributed by atoms with van der Waals surface area (Å²) in [6.07, 6.45) is 23.2. The van der Waals surface area contributed by atoms with Gasteiger partial charge in [-0.2, -0.15) is 12.6 Å². The van der Waals surface area contributed by atoms with Crippen molar-refractivity contribution in [3.63, 3.8) is 0 Å². The molecule has 0 amide bonds. The van der Waals surface area contributed by atoms with E-state index in [4.69, 9.17) is 10.2 Å². The first-order valence-electron chi connectivity index (χ1n) is 12.1. The van der Waals surface area contributed by atoms with Crippen molar-refractivity contribution >= 4 is 18.6 Å². The topological polar surface area (TPSA) is 57.5 Å². The first-order chi connectivity index (χ1) is 13.6. The second-order valence-electron chi connectivity index (χ2n) is 8.07. The number of thiol groups is 1. The minimum Gasteiger partial charge on any atom is -0.481 e. The van der Waals surface area contributed by atoms with Crippen molar-refractivity contribution in [3.05, 3.63) is 0 Å². The minimum absolute atomic E-state index is 0.182. The van der Waals surface area contributed by atoms with Crippen molar-refractivity contribution in [2.75, 3.05) is 5.75 Å². The van der Waals surface area contributed by atoms with Crippen LogP contribution in [0.3, 0.4) is 0 Å². The van der Waals surface area contributed by atoms with Crippen LogP contribution in [0, 0.1) is 0 Å². The Labute approximate surface area is 181 Å². The van der Waals surface area contributed by atoms with Gasteiger partial charge in [-0.25, -0.2) is 0 Å². The van der Waals surface area contributed by atoms with Crippen LogP contribution in [0.25, 0.3) is 0 Å². The van der Waals surface area contributed by atoms with Gasteiger partial charge in [-0.15, -0.1) is 0 Å². The van der Waals surface area contributed by atoms with E-state index in [9.17, 15) is 4.79 Å². The van der Waals surface area contributed by atoms with Crippen molar-refractivity contribution in [2.24, 2.45) is 0 Å². The monoisotopic (exact) mass is 418 g/mol. The molecule has 0 spiro atoms. The molecule has 0 aromatic heterocycles. The lowest BCUT2D eigenvalue weighted by atomic mass is 10.0. The molecule has 0 heterocycles. The van der Waals surface area contributed by atoms with Gasteiger partial charge in [0.15, 0.2) is 0 Å². The van der Waals surface area contributed by atoms with E-state index in [2.05, 4.69) is 26.5 Å². The third-order valence-electron chi connectivity index (χ3n) is 5.10. The number of aliphatic hydroxyl groups excluding tert-OH is 1. The average molecular weight is 419 g/mol. The van der Waals surface area contributed by atoms with Crippen LogP contribution in [-0.4, -0.2) is 28.0 Å². The van der Waals surface area contributed by atoms with E-state index < -0.39 is 5.97 Å². The van der Waals surface area contributed by atoms with Gasteiger partial charge in [0, 0.05) is 12.2 Å². The lowest BCUT2D eigenvalue weighted by molar-refractivity contribution is -0.137. The van der Waals surface area contributed by atoms with Crippen LogP contribution >= 0.6 is 12.6 Å². The molecular weight excluding hydrogens is 368 g/mol. The fourth-order valence-corrected chi connectivity index (χ4v) is 3.36. The summed E-state index contributed by atoms with van der Waals surface area (Å²) in [4.78, 5) is 10.3. The summed E-state index contributed by atoms with van der Waals surface area (Å²) in [6, 6.07) is 0. The molecule has 3 nitrogen and oxygen atoms in total. The van der Waals surface area contributed by atoms with Crippen molar-refractivity contribution in [1.82, 2.24) is 0 Å². The molecule has 28 heavy (non-hydrogen) atoms. The van der Waals surface area contributed by atoms with Gasteiger partial charge >= 0.3 is 5.97 Å². The number of aliphatic carboxylic acids is 1. The molecular formula is C24H50O3S. The molecule has 0 rings (SSSR count). The van der Waals surface area contributed by atoms with E-state index in [0.29, 0.717) is 12.2 Å². The van der Waals surface area contributed by atoms with Crippen molar-refractivity contribution in [2.45, 2.75) is 142 Å². The number of hydrogen-bond donors (Lipinski definition) is 3. The lowest BCUT2D eigenvalue weighted by Gasteiger charge is -2.03. The Morgan fingerprint density at radius 2 is 1.04 bits per heavy atom. The smallest absolute Gasteiger partial charge is 0.303 e. The Morgan fingerprint density at radius 1 is 0.679 bits per heavy atom. The van der Waals surface area contributed by atoms with Gasteiger partial charge < -0.3 is 10.2 Å². The van der Waals surface area contributed by atoms with E-state index in [-0.39, 0.29) is 6.10 Å². The van der Waals surface area contributed by atoms with Gasteiger partial charge in [-0.1, -0.05) is 117 Å². The van der Waals surface area contributed by atoms with Crippen LogP contribution in [0.2, 0.25) is 0 Å². The van der Waals surface area contributed by atoms with Gasteiger partial charge in [0.1, 0.15) is 0 Å². The molecule has 0 bridgehead atoms. The Balaban J connectivity index is 0. The van der Waals surface area contributed by atoms with Crippen LogP contribution < -0.4 is 0 Å². The second kappa shape index (κ2) is 26.8. The number of carboxylic acid groups (broad SMARTS) is 1. The number of hydrogen-bond acceptors (Lipinski definition) is 3. The maximum Gasteiger partial charge on any atom is 0.303 e. The van der Waals surface area contributed by atoms with Crippen LogP contribution in [-0.2, 0) is 4.79 Å². The summed E-state index contributed by atoms with van der Waals surface area (Å²) in [5.74, 6) is -0.0558. The Kier molecular flexibility index (Phi) is 28.7. The predicted molar refractivity (Wildman–Crippen MR) is 127 cm³/mol. The maximum absolute atomic E-state index is 10.3. The Morgan fingerprint density at radius 3 is 1.36 bits per heavy atom. The van der Waals surface area contributed by atoms with E-state index in [1.54, 1.807) is 0 Å². The van der Waals surface area contributed by atoms with Crippen molar-refractivity contribution in [1.29, 1.82) is 0 Å². The number of carboxylic acids is 1. The molecule has 0 radical (unpaired) electrons. The molecule has 0 saturated heterocycles.